The Hall–Kier alpha value is -2.26. The van der Waals surface area contributed by atoms with Crippen molar-refractivity contribution in [3.8, 4) is 17.3 Å². The number of halogens is 1. The summed E-state index contributed by atoms with van der Waals surface area (Å²) in [5.74, 6) is -0.596. The van der Waals surface area contributed by atoms with Gasteiger partial charge in [0.2, 0.25) is 0 Å². The van der Waals surface area contributed by atoms with E-state index in [4.69, 9.17) is 10.00 Å². The van der Waals surface area contributed by atoms with E-state index in [2.05, 4.69) is 10.1 Å². The van der Waals surface area contributed by atoms with Gasteiger partial charge in [-0.05, 0) is 31.7 Å². The first kappa shape index (κ1) is 13.7. The number of pyridine rings is 1. The van der Waals surface area contributed by atoms with Gasteiger partial charge in [-0.2, -0.15) is 10.4 Å². The highest BCUT2D eigenvalue weighted by Gasteiger charge is 2.19. The summed E-state index contributed by atoms with van der Waals surface area (Å²) in [5, 5.41) is 13.3. The van der Waals surface area contributed by atoms with Crippen molar-refractivity contribution in [3.05, 3.63) is 35.5 Å². The molecule has 2 aromatic heterocycles. The molecule has 0 aromatic carbocycles. The second-order valence-corrected chi connectivity index (χ2v) is 5.12. The summed E-state index contributed by atoms with van der Waals surface area (Å²) in [5.41, 5.74) is 1.26. The van der Waals surface area contributed by atoms with Gasteiger partial charge in [0.1, 0.15) is 18.0 Å². The van der Waals surface area contributed by atoms with E-state index in [9.17, 15) is 4.39 Å². The summed E-state index contributed by atoms with van der Waals surface area (Å²) in [6.45, 7) is 2.38. The van der Waals surface area contributed by atoms with E-state index >= 15 is 0 Å². The van der Waals surface area contributed by atoms with E-state index < -0.39 is 5.82 Å². The molecule has 0 saturated carbocycles. The predicted octanol–water partition coefficient (Wildman–Crippen LogP) is 2.96. The maximum Gasteiger partial charge on any atom is 0.167 e. The number of rotatable bonds is 2. The molecule has 1 aliphatic heterocycles. The normalized spacial score (nSPS) is 18.4. The van der Waals surface area contributed by atoms with E-state index in [0.29, 0.717) is 11.1 Å². The highest BCUT2D eigenvalue weighted by molar-refractivity contribution is 5.61. The van der Waals surface area contributed by atoms with Gasteiger partial charge < -0.3 is 4.74 Å². The third kappa shape index (κ3) is 2.52. The van der Waals surface area contributed by atoms with Crippen molar-refractivity contribution in [1.82, 2.24) is 14.8 Å². The van der Waals surface area contributed by atoms with Crippen molar-refractivity contribution in [2.75, 3.05) is 6.61 Å². The molecule has 0 amide bonds. The lowest BCUT2D eigenvalue weighted by atomic mass is 10.1. The molecule has 108 valence electrons. The first-order chi connectivity index (χ1) is 10.2. The molecule has 1 atom stereocenters. The highest BCUT2D eigenvalue weighted by atomic mass is 19.1. The molecule has 0 N–H and O–H groups in total. The maximum absolute atomic E-state index is 14.3. The molecule has 2 aromatic rings. The van der Waals surface area contributed by atoms with Crippen LogP contribution >= 0.6 is 0 Å². The van der Waals surface area contributed by atoms with Gasteiger partial charge in [-0.3, -0.25) is 4.98 Å². The molecule has 5 nitrogen and oxygen atoms in total. The molecule has 1 fully saturated rings. The fourth-order valence-electron chi connectivity index (χ4n) is 2.46. The molecule has 1 aliphatic rings. The lowest BCUT2D eigenvalue weighted by Crippen LogP contribution is -2.18. The van der Waals surface area contributed by atoms with Crippen LogP contribution in [0.5, 0.6) is 0 Å². The molecule has 0 spiro atoms. The molecular formula is C15H15FN4O. The molecule has 6 heteroatoms. The molecule has 21 heavy (non-hydrogen) atoms. The maximum atomic E-state index is 14.3. The lowest BCUT2D eigenvalue weighted by Gasteiger charge is -2.22. The SMILES string of the molecule is Cc1cnc(-c2cnn(C3CCCCO3)c2)c(F)c1C#N. The molecule has 0 radical (unpaired) electrons. The largest absolute Gasteiger partial charge is 0.357 e. The lowest BCUT2D eigenvalue weighted by molar-refractivity contribution is -0.0394. The summed E-state index contributed by atoms with van der Waals surface area (Å²) in [6.07, 6.45) is 7.73. The van der Waals surface area contributed by atoms with Crippen molar-refractivity contribution >= 4 is 0 Å². The summed E-state index contributed by atoms with van der Waals surface area (Å²) in [7, 11) is 0. The topological polar surface area (TPSA) is 63.7 Å². The van der Waals surface area contributed by atoms with Crippen LogP contribution in [0.1, 0.15) is 36.6 Å². The van der Waals surface area contributed by atoms with E-state index in [-0.39, 0.29) is 17.5 Å². The fraction of sp³-hybridized carbons (Fsp3) is 0.400. The fourth-order valence-corrected chi connectivity index (χ4v) is 2.46. The van der Waals surface area contributed by atoms with Crippen LogP contribution in [0.15, 0.2) is 18.6 Å². The standard InChI is InChI=1S/C15H15FN4O/c1-10-7-18-15(14(16)12(10)6-17)11-8-19-20(9-11)13-4-2-3-5-21-13/h7-9,13H,2-5H2,1H3. The van der Waals surface area contributed by atoms with Gasteiger partial charge in [0.05, 0.1) is 11.8 Å². The van der Waals surface area contributed by atoms with Crippen LogP contribution in [0, 0.1) is 24.1 Å². The number of nitrogens with zero attached hydrogens (tertiary/aromatic N) is 4. The van der Waals surface area contributed by atoms with Gasteiger partial charge >= 0.3 is 0 Å². The molecule has 3 heterocycles. The predicted molar refractivity (Wildman–Crippen MR) is 73.7 cm³/mol. The van der Waals surface area contributed by atoms with Gasteiger partial charge in [-0.1, -0.05) is 0 Å². The third-order valence-electron chi connectivity index (χ3n) is 3.65. The highest BCUT2D eigenvalue weighted by Crippen LogP contribution is 2.27. The van der Waals surface area contributed by atoms with E-state index in [0.717, 1.165) is 25.9 Å². The summed E-state index contributed by atoms with van der Waals surface area (Å²) < 4.78 is 21.7. The summed E-state index contributed by atoms with van der Waals surface area (Å²) in [4.78, 5) is 4.09. The third-order valence-corrected chi connectivity index (χ3v) is 3.65. The smallest absolute Gasteiger partial charge is 0.167 e. The molecular weight excluding hydrogens is 271 g/mol. The average molecular weight is 286 g/mol. The minimum Gasteiger partial charge on any atom is -0.357 e. The zero-order chi connectivity index (χ0) is 14.8. The molecule has 0 bridgehead atoms. The van der Waals surface area contributed by atoms with Gasteiger partial charge in [0.15, 0.2) is 5.82 Å². The number of hydrogen-bond acceptors (Lipinski definition) is 4. The average Bonchev–Trinajstić information content (AvgIpc) is 2.98. The van der Waals surface area contributed by atoms with E-state index in [1.54, 1.807) is 24.0 Å². The minimum absolute atomic E-state index is 0.0293. The van der Waals surface area contributed by atoms with Gasteiger partial charge in [0.25, 0.3) is 0 Å². The van der Waals surface area contributed by atoms with Crippen LogP contribution < -0.4 is 0 Å². The Morgan fingerprint density at radius 1 is 1.43 bits per heavy atom. The number of aryl methyl sites for hydroxylation is 1. The van der Waals surface area contributed by atoms with Crippen molar-refractivity contribution in [3.63, 3.8) is 0 Å². The van der Waals surface area contributed by atoms with Crippen molar-refractivity contribution in [2.45, 2.75) is 32.4 Å². The van der Waals surface area contributed by atoms with Crippen LogP contribution in [-0.2, 0) is 4.74 Å². The second-order valence-electron chi connectivity index (χ2n) is 5.12. The first-order valence-corrected chi connectivity index (χ1v) is 6.92. The number of nitriles is 1. The number of ether oxygens (including phenoxy) is 1. The Bertz CT molecular complexity index is 698. The van der Waals surface area contributed by atoms with Crippen molar-refractivity contribution < 1.29 is 9.13 Å². The van der Waals surface area contributed by atoms with E-state index in [1.165, 1.54) is 6.20 Å². The van der Waals surface area contributed by atoms with Gasteiger partial charge in [0, 0.05) is 24.6 Å². The molecule has 0 aliphatic carbocycles. The molecule has 1 unspecified atom stereocenters. The molecule has 3 rings (SSSR count). The van der Waals surface area contributed by atoms with E-state index in [1.807, 2.05) is 6.07 Å². The number of aromatic nitrogens is 3. The Kier molecular flexibility index (Phi) is 3.67. The quantitative estimate of drug-likeness (QED) is 0.851. The van der Waals surface area contributed by atoms with Crippen molar-refractivity contribution in [1.29, 1.82) is 5.26 Å². The zero-order valence-electron chi connectivity index (χ0n) is 11.7. The monoisotopic (exact) mass is 286 g/mol. The van der Waals surface area contributed by atoms with Gasteiger partial charge in [-0.15, -0.1) is 0 Å². The summed E-state index contributed by atoms with van der Waals surface area (Å²) >= 11 is 0. The second kappa shape index (κ2) is 5.62. The zero-order valence-corrected chi connectivity index (χ0v) is 11.7. The number of hydrogen-bond donors (Lipinski definition) is 0. The first-order valence-electron chi connectivity index (χ1n) is 6.92. The van der Waals surface area contributed by atoms with Gasteiger partial charge in [-0.25, -0.2) is 9.07 Å². The van der Waals surface area contributed by atoms with Crippen LogP contribution in [0.25, 0.3) is 11.3 Å². The van der Waals surface area contributed by atoms with Crippen LogP contribution in [0.3, 0.4) is 0 Å². The Balaban J connectivity index is 1.95. The molecule has 1 saturated heterocycles. The van der Waals surface area contributed by atoms with Crippen LogP contribution in [-0.4, -0.2) is 21.4 Å². The van der Waals surface area contributed by atoms with Crippen molar-refractivity contribution in [2.24, 2.45) is 0 Å². The summed E-state index contributed by atoms with van der Waals surface area (Å²) in [6, 6.07) is 1.88. The Morgan fingerprint density at radius 2 is 2.29 bits per heavy atom. The Morgan fingerprint density at radius 3 is 3.00 bits per heavy atom. The van der Waals surface area contributed by atoms with Crippen LogP contribution in [0.4, 0.5) is 4.39 Å². The van der Waals surface area contributed by atoms with Crippen LogP contribution in [0.2, 0.25) is 0 Å². The minimum atomic E-state index is -0.596. The Labute approximate surface area is 122 Å².